The van der Waals surface area contributed by atoms with E-state index < -0.39 is 0 Å². The van der Waals surface area contributed by atoms with Crippen LogP contribution in [0.1, 0.15) is 49.4 Å². The number of methoxy groups -OCH3 is 1. The van der Waals surface area contributed by atoms with Gasteiger partial charge in [0.2, 0.25) is 5.91 Å². The Balaban J connectivity index is 1.66. The molecule has 7 heteroatoms. The van der Waals surface area contributed by atoms with Crippen molar-refractivity contribution in [2.24, 2.45) is 5.92 Å². The normalized spacial score (nSPS) is 19.6. The van der Waals surface area contributed by atoms with E-state index in [0.717, 1.165) is 74.3 Å². The molecule has 0 radical (unpaired) electrons. The van der Waals surface area contributed by atoms with E-state index in [1.165, 1.54) is 28.7 Å². The molecule has 0 aromatic carbocycles. The molecular formula is C22H32N4O2S. The largest absolute Gasteiger partial charge is 0.375 e. The van der Waals surface area contributed by atoms with Crippen LogP contribution in [0.25, 0.3) is 10.2 Å². The number of ether oxygens (including phenoxy) is 1. The van der Waals surface area contributed by atoms with Crippen molar-refractivity contribution in [3.05, 3.63) is 16.3 Å². The summed E-state index contributed by atoms with van der Waals surface area (Å²) in [6, 6.07) is 0. The average molecular weight is 417 g/mol. The molecule has 3 heterocycles. The maximum Gasteiger partial charge on any atom is 0.248 e. The van der Waals surface area contributed by atoms with Gasteiger partial charge in [0.15, 0.2) is 0 Å². The van der Waals surface area contributed by atoms with Crippen molar-refractivity contribution in [3.8, 4) is 0 Å². The molecule has 0 bridgehead atoms. The summed E-state index contributed by atoms with van der Waals surface area (Å²) in [6.07, 6.45) is 6.74. The highest BCUT2D eigenvalue weighted by Gasteiger charge is 2.28. The Morgan fingerprint density at radius 2 is 2.03 bits per heavy atom. The van der Waals surface area contributed by atoms with Gasteiger partial charge in [-0.1, -0.05) is 20.3 Å². The van der Waals surface area contributed by atoms with E-state index in [1.807, 2.05) is 16.2 Å². The summed E-state index contributed by atoms with van der Waals surface area (Å²) >= 11 is 1.88. The number of hydrogen-bond donors (Lipinski definition) is 0. The van der Waals surface area contributed by atoms with E-state index in [1.54, 1.807) is 7.11 Å². The first-order chi connectivity index (χ1) is 14.1. The van der Waals surface area contributed by atoms with Crippen molar-refractivity contribution in [1.29, 1.82) is 0 Å². The number of carbonyl (C=O) groups excluding carboxylic acids is 1. The number of hydrogen-bond acceptors (Lipinski definition) is 6. The third kappa shape index (κ3) is 4.26. The van der Waals surface area contributed by atoms with E-state index in [4.69, 9.17) is 14.7 Å². The van der Waals surface area contributed by atoms with Crippen molar-refractivity contribution >= 4 is 33.3 Å². The minimum Gasteiger partial charge on any atom is -0.375 e. The molecule has 1 amide bonds. The van der Waals surface area contributed by atoms with Gasteiger partial charge in [0.25, 0.3) is 0 Å². The van der Waals surface area contributed by atoms with E-state index >= 15 is 0 Å². The number of rotatable bonds is 6. The van der Waals surface area contributed by atoms with Crippen molar-refractivity contribution in [2.45, 2.75) is 52.4 Å². The summed E-state index contributed by atoms with van der Waals surface area (Å²) in [7, 11) is 1.57. The zero-order chi connectivity index (χ0) is 20.4. The number of anilines is 1. The van der Waals surface area contributed by atoms with Crippen molar-refractivity contribution in [3.63, 3.8) is 0 Å². The lowest BCUT2D eigenvalue weighted by atomic mass is 9.89. The predicted octanol–water partition coefficient (Wildman–Crippen LogP) is 3.45. The highest BCUT2D eigenvalue weighted by Crippen LogP contribution is 2.41. The first kappa shape index (κ1) is 20.5. The third-order valence-corrected chi connectivity index (χ3v) is 7.28. The Bertz CT molecular complexity index is 873. The number of aromatic nitrogens is 2. The Morgan fingerprint density at radius 1 is 1.24 bits per heavy atom. The number of thiophene rings is 1. The summed E-state index contributed by atoms with van der Waals surface area (Å²) in [5.41, 5.74) is 1.48. The van der Waals surface area contributed by atoms with Crippen LogP contribution in [-0.4, -0.2) is 60.7 Å². The molecule has 1 atom stereocenters. The Hall–Kier alpha value is -1.73. The van der Waals surface area contributed by atoms with E-state index in [0.29, 0.717) is 0 Å². The summed E-state index contributed by atoms with van der Waals surface area (Å²) < 4.78 is 5.02. The summed E-state index contributed by atoms with van der Waals surface area (Å²) in [5, 5.41) is 1.29. The highest BCUT2D eigenvalue weighted by atomic mass is 32.1. The van der Waals surface area contributed by atoms with Crippen LogP contribution in [0, 0.1) is 5.92 Å². The minimum absolute atomic E-state index is 0.0746. The van der Waals surface area contributed by atoms with E-state index in [-0.39, 0.29) is 12.5 Å². The van der Waals surface area contributed by atoms with Crippen LogP contribution in [0.2, 0.25) is 0 Å². The smallest absolute Gasteiger partial charge is 0.248 e. The first-order valence-corrected chi connectivity index (χ1v) is 11.7. The number of carbonyl (C=O) groups is 1. The van der Waals surface area contributed by atoms with Gasteiger partial charge in [-0.2, -0.15) is 0 Å². The van der Waals surface area contributed by atoms with Crippen molar-refractivity contribution < 1.29 is 9.53 Å². The molecule has 158 valence electrons. The van der Waals surface area contributed by atoms with Gasteiger partial charge in [0.1, 0.15) is 23.1 Å². The van der Waals surface area contributed by atoms with Gasteiger partial charge >= 0.3 is 0 Å². The van der Waals surface area contributed by atoms with Gasteiger partial charge in [-0.3, -0.25) is 4.79 Å². The monoisotopic (exact) mass is 416 g/mol. The maximum atomic E-state index is 12.2. The second-order valence-electron chi connectivity index (χ2n) is 8.40. The SMILES string of the molecule is CCCCc1nc(N2CCN(C(=O)COC)CC2)c2c3c(sc2n1)C[C@H](C)CC3. The van der Waals surface area contributed by atoms with Gasteiger partial charge in [0.05, 0.1) is 5.39 Å². The van der Waals surface area contributed by atoms with Crippen LogP contribution in [0.15, 0.2) is 0 Å². The zero-order valence-corrected chi connectivity index (χ0v) is 18.7. The van der Waals surface area contributed by atoms with Crippen molar-refractivity contribution in [1.82, 2.24) is 14.9 Å². The standard InChI is InChI=1S/C22H32N4O2S/c1-4-5-6-18-23-21(26-11-9-25(10-12-26)19(27)14-28-3)20-16-8-7-15(2)13-17(16)29-22(20)24-18/h15H,4-14H2,1-3H3/t15-/m1/s1. The Kier molecular flexibility index (Phi) is 6.35. The molecule has 6 nitrogen and oxygen atoms in total. The quantitative estimate of drug-likeness (QED) is 0.722. The lowest BCUT2D eigenvalue weighted by Gasteiger charge is -2.36. The van der Waals surface area contributed by atoms with E-state index in [9.17, 15) is 4.79 Å². The molecule has 1 aliphatic heterocycles. The Labute approximate surface area is 177 Å². The summed E-state index contributed by atoms with van der Waals surface area (Å²) in [6.45, 7) is 7.80. The average Bonchev–Trinajstić information content (AvgIpc) is 3.09. The maximum absolute atomic E-state index is 12.2. The number of amides is 1. The molecule has 2 aromatic heterocycles. The predicted molar refractivity (Wildman–Crippen MR) is 118 cm³/mol. The molecule has 0 saturated carbocycles. The van der Waals surface area contributed by atoms with Crippen LogP contribution in [0.4, 0.5) is 5.82 Å². The second-order valence-corrected chi connectivity index (χ2v) is 9.48. The Morgan fingerprint density at radius 3 is 2.76 bits per heavy atom. The topological polar surface area (TPSA) is 58.6 Å². The molecule has 29 heavy (non-hydrogen) atoms. The number of unbranched alkanes of at least 4 members (excludes halogenated alkanes) is 1. The molecule has 1 saturated heterocycles. The van der Waals surface area contributed by atoms with Crippen LogP contribution >= 0.6 is 11.3 Å². The number of fused-ring (bicyclic) bond motifs is 3. The van der Waals surface area contributed by atoms with Gasteiger partial charge in [-0.05, 0) is 37.2 Å². The lowest BCUT2D eigenvalue weighted by molar-refractivity contribution is -0.135. The molecule has 2 aliphatic rings. The van der Waals surface area contributed by atoms with E-state index in [2.05, 4.69) is 18.7 Å². The molecule has 2 aromatic rings. The lowest BCUT2D eigenvalue weighted by Crippen LogP contribution is -2.50. The fourth-order valence-corrected chi connectivity index (χ4v) is 5.82. The number of piperazine rings is 1. The summed E-state index contributed by atoms with van der Waals surface area (Å²) in [5.74, 6) is 2.90. The van der Waals surface area contributed by atoms with Crippen LogP contribution in [0.3, 0.4) is 0 Å². The fraction of sp³-hybridized carbons (Fsp3) is 0.682. The van der Waals surface area contributed by atoms with Crippen LogP contribution in [-0.2, 0) is 28.8 Å². The molecule has 0 N–H and O–H groups in total. The van der Waals surface area contributed by atoms with Crippen LogP contribution < -0.4 is 4.90 Å². The number of nitrogens with zero attached hydrogens (tertiary/aromatic N) is 4. The molecule has 0 spiro atoms. The third-order valence-electron chi connectivity index (χ3n) is 6.14. The number of aryl methyl sites for hydroxylation is 2. The van der Waals surface area contributed by atoms with Gasteiger partial charge in [-0.15, -0.1) is 11.3 Å². The molecule has 1 fully saturated rings. The van der Waals surface area contributed by atoms with Crippen LogP contribution in [0.5, 0.6) is 0 Å². The van der Waals surface area contributed by atoms with Gasteiger partial charge in [-0.25, -0.2) is 9.97 Å². The molecule has 0 unspecified atom stereocenters. The molecule has 4 rings (SSSR count). The van der Waals surface area contributed by atoms with Crippen molar-refractivity contribution in [2.75, 3.05) is 44.8 Å². The minimum atomic E-state index is 0.0746. The zero-order valence-electron chi connectivity index (χ0n) is 17.9. The first-order valence-electron chi connectivity index (χ1n) is 10.9. The molecule has 1 aliphatic carbocycles. The van der Waals surface area contributed by atoms with Gasteiger partial charge < -0.3 is 14.5 Å². The molecular weight excluding hydrogens is 384 g/mol. The summed E-state index contributed by atoms with van der Waals surface area (Å²) in [4.78, 5) is 29.1. The fourth-order valence-electron chi connectivity index (χ4n) is 4.42. The highest BCUT2D eigenvalue weighted by molar-refractivity contribution is 7.19. The second kappa shape index (κ2) is 8.96. The van der Waals surface area contributed by atoms with Gasteiger partial charge in [0, 0.05) is 44.6 Å².